The SMILES string of the molecule is O=C(COc1ccccc1)OCC(F)(F)S(=O)(=O)O.c1ccc(SC(c2ccccc2)c2ccccc2)cc1. The Labute approximate surface area is 230 Å². The molecule has 1 N–H and O–H groups in total. The predicted molar refractivity (Wildman–Crippen MR) is 146 cm³/mol. The van der Waals surface area contributed by atoms with Crippen LogP contribution in [0.25, 0.3) is 0 Å². The zero-order valence-electron chi connectivity index (χ0n) is 20.6. The van der Waals surface area contributed by atoms with Gasteiger partial charge in [-0.2, -0.15) is 17.2 Å². The van der Waals surface area contributed by atoms with E-state index < -0.39 is 34.6 Å². The third-order valence-corrected chi connectivity index (χ3v) is 7.28. The lowest BCUT2D eigenvalue weighted by Gasteiger charge is -2.17. The molecule has 0 fully saturated rings. The minimum Gasteiger partial charge on any atom is -0.482 e. The van der Waals surface area contributed by atoms with Crippen molar-refractivity contribution < 1.29 is 36.0 Å². The van der Waals surface area contributed by atoms with Crippen molar-refractivity contribution in [1.82, 2.24) is 0 Å². The molecule has 10 heteroatoms. The van der Waals surface area contributed by atoms with Gasteiger partial charge < -0.3 is 9.47 Å². The van der Waals surface area contributed by atoms with Crippen LogP contribution in [0.4, 0.5) is 8.78 Å². The molecule has 0 aliphatic carbocycles. The van der Waals surface area contributed by atoms with Gasteiger partial charge in [-0.3, -0.25) is 4.55 Å². The van der Waals surface area contributed by atoms with Crippen molar-refractivity contribution >= 4 is 27.8 Å². The number of hydrogen-bond acceptors (Lipinski definition) is 6. The maximum absolute atomic E-state index is 12.7. The summed E-state index contributed by atoms with van der Waals surface area (Å²) in [4.78, 5) is 12.3. The minimum atomic E-state index is -5.62. The highest BCUT2D eigenvalue weighted by Crippen LogP contribution is 2.40. The Balaban J connectivity index is 0.000000216. The summed E-state index contributed by atoms with van der Waals surface area (Å²) in [6.45, 7) is -2.44. The van der Waals surface area contributed by atoms with Gasteiger partial charge in [0.1, 0.15) is 5.75 Å². The third kappa shape index (κ3) is 9.82. The molecular formula is C29H26F2O6S2. The van der Waals surface area contributed by atoms with Crippen molar-refractivity contribution in [3.05, 3.63) is 132 Å². The molecule has 4 aromatic rings. The Morgan fingerprint density at radius 2 is 1.21 bits per heavy atom. The van der Waals surface area contributed by atoms with Crippen molar-refractivity contribution in [3.63, 3.8) is 0 Å². The van der Waals surface area contributed by atoms with Gasteiger partial charge in [0.05, 0.1) is 5.25 Å². The molecule has 0 aliphatic heterocycles. The van der Waals surface area contributed by atoms with Crippen LogP contribution in [0, 0.1) is 0 Å². The van der Waals surface area contributed by atoms with Gasteiger partial charge in [-0.25, -0.2) is 4.79 Å². The third-order valence-electron chi connectivity index (χ3n) is 5.08. The summed E-state index contributed by atoms with van der Waals surface area (Å²) >= 11 is 1.89. The smallest absolute Gasteiger partial charge is 0.402 e. The lowest BCUT2D eigenvalue weighted by molar-refractivity contribution is -0.151. The first-order valence-electron chi connectivity index (χ1n) is 11.7. The lowest BCUT2D eigenvalue weighted by atomic mass is 10.0. The van der Waals surface area contributed by atoms with Crippen LogP contribution in [0.2, 0.25) is 0 Å². The number of para-hydroxylation sites is 1. The first kappa shape index (κ1) is 29.8. The highest BCUT2D eigenvalue weighted by atomic mass is 32.2. The number of carbonyl (C=O) groups is 1. The van der Waals surface area contributed by atoms with Crippen molar-refractivity contribution in [2.75, 3.05) is 13.2 Å². The number of benzene rings is 4. The summed E-state index contributed by atoms with van der Waals surface area (Å²) in [5.74, 6) is -0.867. The van der Waals surface area contributed by atoms with E-state index >= 15 is 0 Å². The second kappa shape index (κ2) is 14.4. The van der Waals surface area contributed by atoms with E-state index in [2.05, 4.69) is 95.7 Å². The molecule has 0 aliphatic rings. The second-order valence-electron chi connectivity index (χ2n) is 8.01. The molecule has 204 valence electrons. The van der Waals surface area contributed by atoms with E-state index in [9.17, 15) is 22.0 Å². The number of alkyl halides is 2. The van der Waals surface area contributed by atoms with Gasteiger partial charge in [-0.15, -0.1) is 11.8 Å². The van der Waals surface area contributed by atoms with Gasteiger partial charge in [0.2, 0.25) is 0 Å². The van der Waals surface area contributed by atoms with Gasteiger partial charge in [0.25, 0.3) is 0 Å². The standard InChI is InChI=1S/C19H16S.C10H10F2O6S/c1-4-10-16(11-5-1)19(17-12-6-2-7-13-17)20-18-14-8-3-9-15-18;11-10(12,19(14,15)16)7-18-9(13)6-17-8-4-2-1-3-5-8/h1-15,19H;1-5H,6-7H2,(H,14,15,16). The van der Waals surface area contributed by atoms with Crippen LogP contribution in [0.5, 0.6) is 5.75 Å². The molecule has 4 aromatic carbocycles. The van der Waals surface area contributed by atoms with Crippen molar-refractivity contribution in [3.8, 4) is 5.75 Å². The van der Waals surface area contributed by atoms with Crippen molar-refractivity contribution in [1.29, 1.82) is 0 Å². The fourth-order valence-corrected chi connectivity index (χ4v) is 4.54. The summed E-state index contributed by atoms with van der Waals surface area (Å²) < 4.78 is 62.9. The molecule has 0 atom stereocenters. The Hall–Kier alpha value is -3.73. The number of esters is 1. The number of rotatable bonds is 10. The number of thioether (sulfide) groups is 1. The Kier molecular flexibility index (Phi) is 11.0. The van der Waals surface area contributed by atoms with Gasteiger partial charge in [0, 0.05) is 4.90 Å². The molecule has 0 radical (unpaired) electrons. The van der Waals surface area contributed by atoms with Crippen LogP contribution in [0.3, 0.4) is 0 Å². The van der Waals surface area contributed by atoms with Crippen LogP contribution in [-0.4, -0.2) is 37.4 Å². The van der Waals surface area contributed by atoms with E-state index in [1.165, 1.54) is 28.2 Å². The van der Waals surface area contributed by atoms with E-state index in [0.29, 0.717) is 11.0 Å². The average molecular weight is 573 g/mol. The fraction of sp³-hybridized carbons (Fsp3) is 0.138. The zero-order chi connectivity index (χ0) is 28.1. The normalized spacial score (nSPS) is 11.3. The number of halogens is 2. The molecule has 39 heavy (non-hydrogen) atoms. The molecule has 0 bridgehead atoms. The lowest BCUT2D eigenvalue weighted by Crippen LogP contribution is -2.35. The van der Waals surface area contributed by atoms with Crippen LogP contribution >= 0.6 is 11.8 Å². The highest BCUT2D eigenvalue weighted by Gasteiger charge is 2.45. The maximum Gasteiger partial charge on any atom is 0.402 e. The molecule has 6 nitrogen and oxygen atoms in total. The number of carbonyl (C=O) groups excluding carboxylic acids is 1. The second-order valence-corrected chi connectivity index (χ2v) is 10.7. The van der Waals surface area contributed by atoms with E-state index in [4.69, 9.17) is 9.29 Å². The maximum atomic E-state index is 12.7. The molecule has 0 amide bonds. The number of hydrogen-bond donors (Lipinski definition) is 1. The summed E-state index contributed by atoms with van der Waals surface area (Å²) in [5, 5.41) is -4.21. The van der Waals surface area contributed by atoms with E-state index in [1.807, 2.05) is 11.8 Å². The van der Waals surface area contributed by atoms with Gasteiger partial charge in [-0.05, 0) is 35.4 Å². The van der Waals surface area contributed by atoms with Gasteiger partial charge >= 0.3 is 21.3 Å². The van der Waals surface area contributed by atoms with Crippen LogP contribution in [0.15, 0.2) is 126 Å². The number of ether oxygens (including phenoxy) is 2. The molecular weight excluding hydrogens is 546 g/mol. The van der Waals surface area contributed by atoms with Crippen molar-refractivity contribution in [2.45, 2.75) is 15.4 Å². The van der Waals surface area contributed by atoms with Gasteiger partial charge in [0.15, 0.2) is 13.2 Å². The summed E-state index contributed by atoms with van der Waals surface area (Å²) in [6.07, 6.45) is 0. The van der Waals surface area contributed by atoms with E-state index in [1.54, 1.807) is 18.2 Å². The Morgan fingerprint density at radius 1 is 0.769 bits per heavy atom. The van der Waals surface area contributed by atoms with Crippen LogP contribution in [-0.2, 0) is 19.6 Å². The molecule has 4 rings (SSSR count). The first-order chi connectivity index (χ1) is 18.7. The minimum absolute atomic E-state index is 0.320. The largest absolute Gasteiger partial charge is 0.482 e. The Bertz CT molecular complexity index is 1350. The quantitative estimate of drug-likeness (QED) is 0.129. The van der Waals surface area contributed by atoms with Crippen LogP contribution in [0.1, 0.15) is 16.4 Å². The summed E-state index contributed by atoms with van der Waals surface area (Å²) in [7, 11) is -5.62. The molecule has 0 saturated heterocycles. The monoisotopic (exact) mass is 572 g/mol. The molecule has 0 unspecified atom stereocenters. The average Bonchev–Trinajstić information content (AvgIpc) is 2.95. The highest BCUT2D eigenvalue weighted by molar-refractivity contribution is 7.99. The molecule has 0 heterocycles. The molecule has 0 saturated carbocycles. The predicted octanol–water partition coefficient (Wildman–Crippen LogP) is 6.66. The van der Waals surface area contributed by atoms with Crippen LogP contribution < -0.4 is 4.74 Å². The first-order valence-corrected chi connectivity index (χ1v) is 14.0. The van der Waals surface area contributed by atoms with Gasteiger partial charge in [-0.1, -0.05) is 97.1 Å². The fourth-order valence-electron chi connectivity index (χ4n) is 3.16. The Morgan fingerprint density at radius 3 is 1.67 bits per heavy atom. The molecule has 0 spiro atoms. The zero-order valence-corrected chi connectivity index (χ0v) is 22.2. The van der Waals surface area contributed by atoms with Crippen molar-refractivity contribution in [2.24, 2.45) is 0 Å². The van der Waals surface area contributed by atoms with E-state index in [-0.39, 0.29) is 0 Å². The molecule has 0 aromatic heterocycles. The topological polar surface area (TPSA) is 89.9 Å². The van der Waals surface area contributed by atoms with E-state index in [0.717, 1.165) is 0 Å². The summed E-state index contributed by atoms with van der Waals surface area (Å²) in [5.41, 5.74) is 2.68. The summed E-state index contributed by atoms with van der Waals surface area (Å²) in [6, 6.07) is 40.0.